The molecule has 1 saturated heterocycles. The second-order valence-corrected chi connectivity index (χ2v) is 6.24. The second-order valence-electron chi connectivity index (χ2n) is 6.24. The molecule has 0 saturated carbocycles. The lowest BCUT2D eigenvalue weighted by Crippen LogP contribution is -2.23. The average Bonchev–Trinajstić information content (AvgIpc) is 3.10. The van der Waals surface area contributed by atoms with E-state index in [1.807, 2.05) is 6.92 Å². The molecule has 3 rings (SSSR count). The van der Waals surface area contributed by atoms with Gasteiger partial charge in [0.1, 0.15) is 6.10 Å². The van der Waals surface area contributed by atoms with Gasteiger partial charge >= 0.3 is 0 Å². The Morgan fingerprint density at radius 3 is 2.96 bits per heavy atom. The molecule has 0 bridgehead atoms. The SMILES string of the molecule is CC[C@@H]1C[C@@H](O)[C@H](n2cnc3c(=O)[nH]c(NC(=O)C(C)C)nc32)O1. The van der Waals surface area contributed by atoms with Crippen molar-refractivity contribution in [3.63, 3.8) is 0 Å². The predicted octanol–water partition coefficient (Wildman–Crippen LogP) is 0.773. The summed E-state index contributed by atoms with van der Waals surface area (Å²) in [5.74, 6) is -0.458. The number of hydrogen-bond donors (Lipinski definition) is 3. The number of carbonyl (C=O) groups excluding carboxylic acids is 1. The number of ether oxygens (including phenoxy) is 1. The standard InChI is InChI=1S/C15H21N5O4/c1-4-8-5-9(21)14(24-8)20-6-16-10-11(20)17-15(19-13(10)23)18-12(22)7(2)3/h6-9,14,21H,4-5H2,1-3H3,(H2,17,18,19,22,23)/t8-,9-,14-/m1/s1. The highest BCUT2D eigenvalue weighted by Crippen LogP contribution is 2.31. The minimum absolute atomic E-state index is 0.0486. The molecule has 2 aromatic heterocycles. The largest absolute Gasteiger partial charge is 0.388 e. The molecule has 3 N–H and O–H groups in total. The van der Waals surface area contributed by atoms with Gasteiger partial charge in [-0.15, -0.1) is 0 Å². The number of nitrogens with one attached hydrogen (secondary N) is 2. The molecule has 3 heterocycles. The molecule has 0 aromatic carbocycles. The Balaban J connectivity index is 2.00. The van der Waals surface area contributed by atoms with Crippen LogP contribution < -0.4 is 10.9 Å². The normalized spacial score (nSPS) is 24.0. The van der Waals surface area contributed by atoms with Crippen LogP contribution in [0.3, 0.4) is 0 Å². The van der Waals surface area contributed by atoms with E-state index in [1.165, 1.54) is 10.9 Å². The van der Waals surface area contributed by atoms with Gasteiger partial charge in [-0.1, -0.05) is 20.8 Å². The van der Waals surface area contributed by atoms with E-state index in [0.717, 1.165) is 6.42 Å². The third kappa shape index (κ3) is 2.92. The summed E-state index contributed by atoms with van der Waals surface area (Å²) in [5.41, 5.74) is -0.0655. The maximum absolute atomic E-state index is 12.2. The molecule has 3 atom stereocenters. The average molecular weight is 335 g/mol. The highest BCUT2D eigenvalue weighted by atomic mass is 16.5. The van der Waals surface area contributed by atoms with Gasteiger partial charge in [0.25, 0.3) is 5.56 Å². The number of aliphatic hydroxyl groups is 1. The monoisotopic (exact) mass is 335 g/mol. The fourth-order valence-corrected chi connectivity index (χ4v) is 2.68. The summed E-state index contributed by atoms with van der Waals surface area (Å²) in [7, 11) is 0. The Kier molecular flexibility index (Phi) is 4.37. The Morgan fingerprint density at radius 2 is 2.33 bits per heavy atom. The number of H-pyrrole nitrogens is 1. The number of fused-ring (bicyclic) bond motifs is 1. The van der Waals surface area contributed by atoms with Crippen molar-refractivity contribution in [1.29, 1.82) is 0 Å². The first-order valence-electron chi connectivity index (χ1n) is 8.02. The first kappa shape index (κ1) is 16.6. The van der Waals surface area contributed by atoms with Gasteiger partial charge in [-0.3, -0.25) is 24.5 Å². The van der Waals surface area contributed by atoms with Crippen LogP contribution in [0.15, 0.2) is 11.1 Å². The number of nitrogens with zero attached hydrogens (tertiary/aromatic N) is 3. The topological polar surface area (TPSA) is 122 Å². The Morgan fingerprint density at radius 1 is 1.58 bits per heavy atom. The smallest absolute Gasteiger partial charge is 0.280 e. The van der Waals surface area contributed by atoms with E-state index in [4.69, 9.17) is 4.74 Å². The van der Waals surface area contributed by atoms with Crippen molar-refractivity contribution < 1.29 is 14.6 Å². The van der Waals surface area contributed by atoms with Crippen molar-refractivity contribution >= 4 is 23.0 Å². The van der Waals surface area contributed by atoms with Crippen LogP contribution in [0.4, 0.5) is 5.95 Å². The van der Waals surface area contributed by atoms with Crippen LogP contribution >= 0.6 is 0 Å². The van der Waals surface area contributed by atoms with Crippen LogP contribution in [0.5, 0.6) is 0 Å². The van der Waals surface area contributed by atoms with Gasteiger partial charge in [-0.25, -0.2) is 4.98 Å². The summed E-state index contributed by atoms with van der Waals surface area (Å²) in [5, 5.41) is 12.8. The van der Waals surface area contributed by atoms with Crippen LogP contribution in [-0.4, -0.2) is 42.7 Å². The van der Waals surface area contributed by atoms with Crippen molar-refractivity contribution in [1.82, 2.24) is 19.5 Å². The van der Waals surface area contributed by atoms with Gasteiger partial charge in [-0.05, 0) is 6.42 Å². The van der Waals surface area contributed by atoms with E-state index >= 15 is 0 Å². The summed E-state index contributed by atoms with van der Waals surface area (Å²) in [6.07, 6.45) is 1.31. The summed E-state index contributed by atoms with van der Waals surface area (Å²) >= 11 is 0. The Hall–Kier alpha value is -2.26. The molecule has 2 aromatic rings. The van der Waals surface area contributed by atoms with E-state index in [9.17, 15) is 14.7 Å². The number of hydrogen-bond acceptors (Lipinski definition) is 6. The lowest BCUT2D eigenvalue weighted by atomic mass is 10.1. The zero-order valence-corrected chi connectivity index (χ0v) is 13.8. The lowest BCUT2D eigenvalue weighted by Gasteiger charge is -2.16. The van der Waals surface area contributed by atoms with Crippen molar-refractivity contribution in [3.05, 3.63) is 16.7 Å². The van der Waals surface area contributed by atoms with E-state index in [2.05, 4.69) is 20.3 Å². The van der Waals surface area contributed by atoms with Gasteiger partial charge in [0.15, 0.2) is 17.4 Å². The van der Waals surface area contributed by atoms with E-state index in [0.29, 0.717) is 6.42 Å². The van der Waals surface area contributed by atoms with Gasteiger partial charge in [0.05, 0.1) is 12.4 Å². The van der Waals surface area contributed by atoms with Crippen molar-refractivity contribution in [3.8, 4) is 0 Å². The maximum Gasteiger partial charge on any atom is 0.280 e. The van der Waals surface area contributed by atoms with E-state index in [1.54, 1.807) is 13.8 Å². The van der Waals surface area contributed by atoms with Gasteiger partial charge < -0.3 is 9.84 Å². The number of aromatic amines is 1. The van der Waals surface area contributed by atoms with Crippen LogP contribution in [0.25, 0.3) is 11.2 Å². The van der Waals surface area contributed by atoms with Gasteiger partial charge in [0.2, 0.25) is 11.9 Å². The van der Waals surface area contributed by atoms with E-state index in [-0.39, 0.29) is 35.0 Å². The second kappa shape index (κ2) is 6.33. The molecule has 1 amide bonds. The van der Waals surface area contributed by atoms with Crippen molar-refractivity contribution in [2.45, 2.75) is 52.0 Å². The quantitative estimate of drug-likeness (QED) is 0.758. The molecule has 0 aliphatic carbocycles. The summed E-state index contributed by atoms with van der Waals surface area (Å²) in [6.45, 7) is 5.46. The fourth-order valence-electron chi connectivity index (χ4n) is 2.68. The highest BCUT2D eigenvalue weighted by molar-refractivity contribution is 5.91. The van der Waals surface area contributed by atoms with Crippen LogP contribution in [0.1, 0.15) is 39.8 Å². The fraction of sp³-hybridized carbons (Fsp3) is 0.600. The molecule has 130 valence electrons. The molecule has 24 heavy (non-hydrogen) atoms. The number of anilines is 1. The first-order valence-corrected chi connectivity index (χ1v) is 8.02. The molecule has 9 nitrogen and oxygen atoms in total. The van der Waals surface area contributed by atoms with E-state index < -0.39 is 17.9 Å². The zero-order chi connectivity index (χ0) is 17.4. The van der Waals surface area contributed by atoms with Crippen LogP contribution in [0, 0.1) is 5.92 Å². The number of imidazole rings is 1. The molecule has 9 heteroatoms. The molecular weight excluding hydrogens is 314 g/mol. The number of aliphatic hydroxyl groups excluding tert-OH is 1. The highest BCUT2D eigenvalue weighted by Gasteiger charge is 2.35. The van der Waals surface area contributed by atoms with Crippen molar-refractivity contribution in [2.75, 3.05) is 5.32 Å². The van der Waals surface area contributed by atoms with Gasteiger partial charge in [-0.2, -0.15) is 4.98 Å². The molecule has 1 fully saturated rings. The number of rotatable bonds is 4. The minimum Gasteiger partial charge on any atom is -0.388 e. The summed E-state index contributed by atoms with van der Waals surface area (Å²) in [4.78, 5) is 34.8. The number of amides is 1. The zero-order valence-electron chi connectivity index (χ0n) is 13.8. The summed E-state index contributed by atoms with van der Waals surface area (Å²) < 4.78 is 7.35. The van der Waals surface area contributed by atoms with Crippen LogP contribution in [0.2, 0.25) is 0 Å². The molecule has 1 aliphatic heterocycles. The molecule has 0 spiro atoms. The molecule has 0 unspecified atom stereocenters. The lowest BCUT2D eigenvalue weighted by molar-refractivity contribution is -0.118. The maximum atomic E-state index is 12.2. The first-order chi connectivity index (χ1) is 11.4. The summed E-state index contributed by atoms with van der Waals surface area (Å²) in [6, 6.07) is 0. The Labute approximate surface area is 138 Å². The molecule has 1 aliphatic rings. The third-order valence-corrected chi connectivity index (χ3v) is 4.09. The number of carbonyl (C=O) groups is 1. The number of aromatic nitrogens is 4. The Bertz CT molecular complexity index is 812. The van der Waals surface area contributed by atoms with Crippen LogP contribution in [-0.2, 0) is 9.53 Å². The van der Waals surface area contributed by atoms with Gasteiger partial charge in [0, 0.05) is 12.3 Å². The minimum atomic E-state index is -0.706. The molecular formula is C15H21N5O4. The molecule has 0 radical (unpaired) electrons. The van der Waals surface area contributed by atoms with Crippen molar-refractivity contribution in [2.24, 2.45) is 5.92 Å². The third-order valence-electron chi connectivity index (χ3n) is 4.09. The predicted molar refractivity (Wildman–Crippen MR) is 86.4 cm³/mol.